The van der Waals surface area contributed by atoms with Crippen LogP contribution in [0.15, 0.2) is 46.9 Å². The van der Waals surface area contributed by atoms with Crippen LogP contribution in [0.25, 0.3) is 0 Å². The predicted octanol–water partition coefficient (Wildman–Crippen LogP) is 5.26. The fourth-order valence-corrected chi connectivity index (χ4v) is 3.14. The molecule has 0 saturated heterocycles. The molecule has 1 atom stereocenters. The number of halogens is 1. The van der Waals surface area contributed by atoms with Gasteiger partial charge < -0.3 is 5.32 Å². The molecule has 112 valence electrons. The maximum absolute atomic E-state index is 3.63. The number of nitrogens with one attached hydrogen (secondary N) is 1. The van der Waals surface area contributed by atoms with Crippen molar-refractivity contribution in [1.82, 2.24) is 5.32 Å². The Balaban J connectivity index is 2.31. The Morgan fingerprint density at radius 3 is 2.29 bits per heavy atom. The van der Waals surface area contributed by atoms with Crippen molar-refractivity contribution >= 4 is 15.9 Å². The molecule has 0 aliphatic carbocycles. The van der Waals surface area contributed by atoms with Gasteiger partial charge in [-0.3, -0.25) is 0 Å². The van der Waals surface area contributed by atoms with Gasteiger partial charge in [0, 0.05) is 4.47 Å². The molecule has 21 heavy (non-hydrogen) atoms. The summed E-state index contributed by atoms with van der Waals surface area (Å²) in [6.07, 6.45) is 1.14. The van der Waals surface area contributed by atoms with Gasteiger partial charge in [-0.15, -0.1) is 0 Å². The minimum atomic E-state index is 0.232. The van der Waals surface area contributed by atoms with Crippen LogP contribution in [-0.4, -0.2) is 7.05 Å². The molecular weight excluding hydrogens is 322 g/mol. The molecule has 0 heterocycles. The average Bonchev–Trinajstić information content (AvgIpc) is 2.45. The van der Waals surface area contributed by atoms with Gasteiger partial charge >= 0.3 is 0 Å². The third-order valence-electron chi connectivity index (χ3n) is 3.87. The molecule has 0 fully saturated rings. The van der Waals surface area contributed by atoms with Crippen LogP contribution in [0.1, 0.15) is 42.1 Å². The molecule has 0 aliphatic heterocycles. The van der Waals surface area contributed by atoms with Crippen LogP contribution in [0.3, 0.4) is 0 Å². The highest BCUT2D eigenvalue weighted by atomic mass is 79.9. The fraction of sp³-hybridized carbons (Fsp3) is 0.368. The maximum atomic E-state index is 3.63. The number of hydrogen-bond acceptors (Lipinski definition) is 1. The van der Waals surface area contributed by atoms with E-state index in [0.717, 1.165) is 10.9 Å². The van der Waals surface area contributed by atoms with Crippen molar-refractivity contribution in [2.45, 2.75) is 33.2 Å². The van der Waals surface area contributed by atoms with E-state index in [2.05, 4.69) is 84.5 Å². The lowest BCUT2D eigenvalue weighted by molar-refractivity contribution is 0.645. The van der Waals surface area contributed by atoms with Crippen molar-refractivity contribution in [3.63, 3.8) is 0 Å². The normalized spacial score (nSPS) is 12.7. The molecule has 2 aromatic carbocycles. The lowest BCUT2D eigenvalue weighted by Crippen LogP contribution is -2.18. The van der Waals surface area contributed by atoms with Gasteiger partial charge in [-0.25, -0.2) is 0 Å². The van der Waals surface area contributed by atoms with Gasteiger partial charge in [-0.1, -0.05) is 66.2 Å². The van der Waals surface area contributed by atoms with Crippen molar-refractivity contribution in [1.29, 1.82) is 0 Å². The smallest absolute Gasteiger partial charge is 0.0577 e. The summed E-state index contributed by atoms with van der Waals surface area (Å²) in [5, 5.41) is 3.44. The summed E-state index contributed by atoms with van der Waals surface area (Å²) in [6, 6.07) is 15.6. The van der Waals surface area contributed by atoms with E-state index in [1.807, 2.05) is 7.05 Å². The monoisotopic (exact) mass is 345 g/mol. The second kappa shape index (κ2) is 7.24. The van der Waals surface area contributed by atoms with Crippen LogP contribution in [0.4, 0.5) is 0 Å². The van der Waals surface area contributed by atoms with E-state index < -0.39 is 0 Å². The number of rotatable bonds is 5. The molecular formula is C19H24BrN. The summed E-state index contributed by atoms with van der Waals surface area (Å²) >= 11 is 3.63. The second-order valence-electron chi connectivity index (χ2n) is 6.02. The Labute approximate surface area is 136 Å². The van der Waals surface area contributed by atoms with E-state index in [1.54, 1.807) is 0 Å². The van der Waals surface area contributed by atoms with Crippen LogP contribution < -0.4 is 5.32 Å². The highest BCUT2D eigenvalue weighted by molar-refractivity contribution is 9.10. The first-order chi connectivity index (χ1) is 10.0. The molecule has 2 aromatic rings. The summed E-state index contributed by atoms with van der Waals surface area (Å²) in [6.45, 7) is 6.68. The number of benzene rings is 2. The third-order valence-corrected chi connectivity index (χ3v) is 4.73. The zero-order valence-corrected chi connectivity index (χ0v) is 14.9. The topological polar surface area (TPSA) is 12.0 Å². The zero-order chi connectivity index (χ0) is 15.4. The van der Waals surface area contributed by atoms with Gasteiger partial charge in [0.25, 0.3) is 0 Å². The quantitative estimate of drug-likeness (QED) is 0.778. The van der Waals surface area contributed by atoms with E-state index in [0.29, 0.717) is 5.92 Å². The summed E-state index contributed by atoms with van der Waals surface area (Å²) in [5.41, 5.74) is 5.34. The van der Waals surface area contributed by atoms with E-state index in [1.165, 1.54) is 22.3 Å². The Kier molecular flexibility index (Phi) is 5.60. The molecule has 0 bridgehead atoms. The molecule has 0 amide bonds. The lowest BCUT2D eigenvalue weighted by atomic mass is 9.93. The lowest BCUT2D eigenvalue weighted by Gasteiger charge is -2.20. The predicted molar refractivity (Wildman–Crippen MR) is 94.8 cm³/mol. The highest BCUT2D eigenvalue weighted by Crippen LogP contribution is 2.29. The Hall–Kier alpha value is -1.12. The van der Waals surface area contributed by atoms with Crippen molar-refractivity contribution in [3.8, 4) is 0 Å². The summed E-state index contributed by atoms with van der Waals surface area (Å²) in [5.74, 6) is 0.697. The minimum Gasteiger partial charge on any atom is -0.309 e. The van der Waals surface area contributed by atoms with Crippen LogP contribution in [-0.2, 0) is 6.42 Å². The molecule has 0 radical (unpaired) electrons. The van der Waals surface area contributed by atoms with E-state index >= 15 is 0 Å². The van der Waals surface area contributed by atoms with Gasteiger partial charge in [0.1, 0.15) is 0 Å². The van der Waals surface area contributed by atoms with Crippen LogP contribution in [0.2, 0.25) is 0 Å². The largest absolute Gasteiger partial charge is 0.309 e. The Bertz CT molecular complexity index is 587. The molecule has 0 aliphatic rings. The Morgan fingerprint density at radius 1 is 1.05 bits per heavy atom. The second-order valence-corrected chi connectivity index (χ2v) is 6.87. The molecule has 1 unspecified atom stereocenters. The SMILES string of the molecule is CNC(c1ccc(CC(C)C)cc1)c1cccc(Br)c1C. The summed E-state index contributed by atoms with van der Waals surface area (Å²) < 4.78 is 1.16. The fourth-order valence-electron chi connectivity index (χ4n) is 2.76. The molecule has 1 nitrogen and oxygen atoms in total. The zero-order valence-electron chi connectivity index (χ0n) is 13.3. The van der Waals surface area contributed by atoms with E-state index in [-0.39, 0.29) is 6.04 Å². The standard InChI is InChI=1S/C19H24BrN/c1-13(2)12-15-8-10-16(11-9-15)19(21-4)17-6-5-7-18(20)14(17)3/h5-11,13,19,21H,12H2,1-4H3. The van der Waals surface area contributed by atoms with Gasteiger partial charge in [-0.2, -0.15) is 0 Å². The Morgan fingerprint density at radius 2 is 1.71 bits per heavy atom. The van der Waals surface area contributed by atoms with Crippen molar-refractivity contribution in [2.75, 3.05) is 7.05 Å². The first-order valence-electron chi connectivity index (χ1n) is 7.54. The van der Waals surface area contributed by atoms with Gasteiger partial charge in [0.05, 0.1) is 6.04 Å². The highest BCUT2D eigenvalue weighted by Gasteiger charge is 2.15. The third kappa shape index (κ3) is 3.96. The first kappa shape index (κ1) is 16.3. The minimum absolute atomic E-state index is 0.232. The van der Waals surface area contributed by atoms with Gasteiger partial charge in [0.15, 0.2) is 0 Å². The average molecular weight is 346 g/mol. The molecule has 1 N–H and O–H groups in total. The maximum Gasteiger partial charge on any atom is 0.0577 e. The summed E-state index contributed by atoms with van der Waals surface area (Å²) in [4.78, 5) is 0. The van der Waals surface area contributed by atoms with Gasteiger partial charge in [0.2, 0.25) is 0 Å². The van der Waals surface area contributed by atoms with Gasteiger partial charge in [-0.05, 0) is 54.6 Å². The van der Waals surface area contributed by atoms with E-state index in [4.69, 9.17) is 0 Å². The van der Waals surface area contributed by atoms with Crippen molar-refractivity contribution in [2.24, 2.45) is 5.92 Å². The van der Waals surface area contributed by atoms with Crippen molar-refractivity contribution < 1.29 is 0 Å². The number of hydrogen-bond donors (Lipinski definition) is 1. The van der Waals surface area contributed by atoms with Crippen molar-refractivity contribution in [3.05, 3.63) is 69.2 Å². The molecule has 2 heteroatoms. The molecule has 0 spiro atoms. The van der Waals surface area contributed by atoms with E-state index in [9.17, 15) is 0 Å². The van der Waals surface area contributed by atoms with Crippen LogP contribution >= 0.6 is 15.9 Å². The molecule has 2 rings (SSSR count). The van der Waals surface area contributed by atoms with Crippen LogP contribution in [0, 0.1) is 12.8 Å². The molecule has 0 aromatic heterocycles. The van der Waals surface area contributed by atoms with Crippen LogP contribution in [0.5, 0.6) is 0 Å². The molecule has 0 saturated carbocycles. The first-order valence-corrected chi connectivity index (χ1v) is 8.33. The summed E-state index contributed by atoms with van der Waals surface area (Å²) in [7, 11) is 2.02.